The molecule has 0 spiro atoms. The molecule has 0 unspecified atom stereocenters. The first-order valence-corrected chi connectivity index (χ1v) is 5.83. The van der Waals surface area contributed by atoms with Crippen molar-refractivity contribution in [2.45, 2.75) is 19.8 Å². The maximum absolute atomic E-state index is 11.4. The molecule has 1 N–H and O–H groups in total. The third-order valence-corrected chi connectivity index (χ3v) is 2.22. The number of aliphatic hydroxyl groups excluding tert-OH is 1. The Labute approximate surface area is 110 Å². The topological polar surface area (TPSA) is 86.0 Å². The average molecular weight is 268 g/mol. The van der Waals surface area contributed by atoms with E-state index in [0.29, 0.717) is 6.42 Å². The number of unbranched alkanes of at least 4 members (excludes halogenated alkanes) is 1. The number of esters is 1. The van der Waals surface area contributed by atoms with E-state index in [1.807, 2.05) is 6.92 Å². The van der Waals surface area contributed by atoms with Gasteiger partial charge in [-0.3, -0.25) is 0 Å². The molecule has 0 radical (unpaired) electrons. The maximum Gasteiger partial charge on any atom is 0.373 e. The van der Waals surface area contributed by atoms with E-state index in [1.54, 1.807) is 0 Å². The van der Waals surface area contributed by atoms with Crippen LogP contribution >= 0.6 is 0 Å². The van der Waals surface area contributed by atoms with E-state index in [4.69, 9.17) is 13.9 Å². The summed E-state index contributed by atoms with van der Waals surface area (Å²) in [5, 5.41) is 9.51. The molecule has 1 heterocycles. The van der Waals surface area contributed by atoms with Crippen molar-refractivity contribution in [1.29, 1.82) is 0 Å². The Kier molecular flexibility index (Phi) is 5.66. The van der Waals surface area contributed by atoms with Gasteiger partial charge in [-0.2, -0.15) is 0 Å². The summed E-state index contributed by atoms with van der Waals surface area (Å²) in [6.45, 7) is 2.18. The Balaban J connectivity index is 2.80. The van der Waals surface area contributed by atoms with Gasteiger partial charge in [0.2, 0.25) is 5.76 Å². The molecule has 6 heteroatoms. The molecule has 0 bridgehead atoms. The van der Waals surface area contributed by atoms with Crippen LogP contribution in [0.15, 0.2) is 27.1 Å². The van der Waals surface area contributed by atoms with Gasteiger partial charge in [0.05, 0.1) is 19.8 Å². The number of carbonyl (C=O) groups excluding carboxylic acids is 1. The minimum Gasteiger partial charge on any atom is -0.502 e. The van der Waals surface area contributed by atoms with Crippen LogP contribution in [0.1, 0.15) is 25.5 Å². The average Bonchev–Trinajstić information content (AvgIpc) is 2.38. The van der Waals surface area contributed by atoms with E-state index in [2.05, 4.69) is 0 Å². The predicted molar refractivity (Wildman–Crippen MR) is 68.0 cm³/mol. The molecule has 6 nitrogen and oxygen atoms in total. The molecule has 0 aromatic carbocycles. The van der Waals surface area contributed by atoms with Crippen LogP contribution in [-0.2, 0) is 9.53 Å². The van der Waals surface area contributed by atoms with Gasteiger partial charge in [-0.1, -0.05) is 13.3 Å². The molecule has 0 saturated heterocycles. The predicted octanol–water partition coefficient (Wildman–Crippen LogP) is 1.89. The number of aliphatic hydroxyl groups is 1. The van der Waals surface area contributed by atoms with Gasteiger partial charge < -0.3 is 19.0 Å². The molecule has 104 valence electrons. The molecule has 1 rings (SSSR count). The molecule has 1 aromatic rings. The van der Waals surface area contributed by atoms with Gasteiger partial charge in [0.25, 0.3) is 0 Å². The molecule has 0 amide bonds. The van der Waals surface area contributed by atoms with Gasteiger partial charge >= 0.3 is 11.6 Å². The third-order valence-electron chi connectivity index (χ3n) is 2.22. The van der Waals surface area contributed by atoms with E-state index in [0.717, 1.165) is 18.6 Å². The van der Waals surface area contributed by atoms with Crippen molar-refractivity contribution in [2.24, 2.45) is 0 Å². The summed E-state index contributed by atoms with van der Waals surface area (Å²) in [5.74, 6) is -1.21. The van der Waals surface area contributed by atoms with Crippen LogP contribution in [0.4, 0.5) is 0 Å². The summed E-state index contributed by atoms with van der Waals surface area (Å²) in [6.07, 6.45) is 2.61. The lowest BCUT2D eigenvalue weighted by molar-refractivity contribution is -0.142. The van der Waals surface area contributed by atoms with Crippen LogP contribution < -0.4 is 10.4 Å². The van der Waals surface area contributed by atoms with E-state index in [-0.39, 0.29) is 18.1 Å². The fourth-order valence-electron chi connectivity index (χ4n) is 1.24. The van der Waals surface area contributed by atoms with Crippen molar-refractivity contribution in [3.63, 3.8) is 0 Å². The molecule has 19 heavy (non-hydrogen) atoms. The van der Waals surface area contributed by atoms with Crippen LogP contribution in [0.5, 0.6) is 5.75 Å². The minimum atomic E-state index is -0.862. The SMILES string of the molecule is CCCCOC(=O)C(O)=Cc1cc(OC)cc(=O)o1. The van der Waals surface area contributed by atoms with Crippen molar-refractivity contribution in [1.82, 2.24) is 0 Å². The smallest absolute Gasteiger partial charge is 0.373 e. The molecular weight excluding hydrogens is 252 g/mol. The monoisotopic (exact) mass is 268 g/mol. The number of carbonyl (C=O) groups is 1. The number of hydrogen-bond acceptors (Lipinski definition) is 6. The fourth-order valence-corrected chi connectivity index (χ4v) is 1.24. The second-order valence-corrected chi connectivity index (χ2v) is 3.74. The van der Waals surface area contributed by atoms with E-state index in [9.17, 15) is 14.7 Å². The Hall–Kier alpha value is -2.24. The summed E-state index contributed by atoms with van der Waals surface area (Å²) in [7, 11) is 1.39. The van der Waals surface area contributed by atoms with Crippen molar-refractivity contribution >= 4 is 12.0 Å². The van der Waals surface area contributed by atoms with E-state index in [1.165, 1.54) is 13.2 Å². The van der Waals surface area contributed by atoms with Crippen LogP contribution in [0.25, 0.3) is 6.08 Å². The van der Waals surface area contributed by atoms with E-state index < -0.39 is 17.4 Å². The summed E-state index contributed by atoms with van der Waals surface area (Å²) >= 11 is 0. The largest absolute Gasteiger partial charge is 0.502 e. The summed E-state index contributed by atoms with van der Waals surface area (Å²) < 4.78 is 14.5. The van der Waals surface area contributed by atoms with Gasteiger partial charge in [-0.05, 0) is 6.42 Å². The lowest BCUT2D eigenvalue weighted by atomic mass is 10.3. The van der Waals surface area contributed by atoms with Gasteiger partial charge in [-0.25, -0.2) is 9.59 Å². The highest BCUT2D eigenvalue weighted by Crippen LogP contribution is 2.12. The van der Waals surface area contributed by atoms with Gasteiger partial charge in [-0.15, -0.1) is 0 Å². The molecule has 0 atom stereocenters. The first kappa shape index (κ1) is 14.8. The number of ether oxygens (including phenoxy) is 2. The molecule has 0 aliphatic rings. The zero-order valence-corrected chi connectivity index (χ0v) is 10.8. The van der Waals surface area contributed by atoms with Gasteiger partial charge in [0.1, 0.15) is 11.5 Å². The quantitative estimate of drug-likeness (QED) is 0.367. The standard InChI is InChI=1S/C13H16O6/c1-3-4-5-18-13(16)11(14)7-10-6-9(17-2)8-12(15)19-10/h6-8,14H,3-5H2,1-2H3. The zero-order valence-electron chi connectivity index (χ0n) is 10.8. The van der Waals surface area contributed by atoms with Gasteiger partial charge in [0.15, 0.2) is 0 Å². The van der Waals surface area contributed by atoms with Crippen LogP contribution in [0.2, 0.25) is 0 Å². The molecule has 0 aliphatic heterocycles. The second kappa shape index (κ2) is 7.25. The van der Waals surface area contributed by atoms with Crippen molar-refractivity contribution in [2.75, 3.05) is 13.7 Å². The summed E-state index contributed by atoms with van der Waals surface area (Å²) in [5.41, 5.74) is -0.641. The van der Waals surface area contributed by atoms with Crippen LogP contribution in [-0.4, -0.2) is 24.8 Å². The fraction of sp³-hybridized carbons (Fsp3) is 0.385. The number of methoxy groups -OCH3 is 1. The van der Waals surface area contributed by atoms with Crippen molar-refractivity contribution < 1.29 is 23.8 Å². The number of hydrogen-bond donors (Lipinski definition) is 1. The Morgan fingerprint density at radius 3 is 2.84 bits per heavy atom. The zero-order chi connectivity index (χ0) is 14.3. The maximum atomic E-state index is 11.4. The second-order valence-electron chi connectivity index (χ2n) is 3.74. The Morgan fingerprint density at radius 1 is 1.47 bits per heavy atom. The van der Waals surface area contributed by atoms with Crippen molar-refractivity contribution in [3.8, 4) is 5.75 Å². The minimum absolute atomic E-state index is 0.00860. The van der Waals surface area contributed by atoms with Gasteiger partial charge in [0, 0.05) is 12.1 Å². The molecule has 1 aromatic heterocycles. The third kappa shape index (κ3) is 4.87. The first-order valence-electron chi connectivity index (χ1n) is 5.83. The van der Waals surface area contributed by atoms with E-state index >= 15 is 0 Å². The molecular formula is C13H16O6. The highest BCUT2D eigenvalue weighted by molar-refractivity contribution is 5.90. The lowest BCUT2D eigenvalue weighted by Crippen LogP contribution is -2.08. The number of rotatable bonds is 6. The summed E-state index contributed by atoms with van der Waals surface area (Å²) in [4.78, 5) is 22.5. The van der Waals surface area contributed by atoms with Crippen molar-refractivity contribution in [3.05, 3.63) is 34.1 Å². The molecule has 0 aliphatic carbocycles. The molecule has 0 fully saturated rings. The molecule has 0 saturated carbocycles. The Bertz CT molecular complexity index is 514. The highest BCUT2D eigenvalue weighted by atomic mass is 16.5. The lowest BCUT2D eigenvalue weighted by Gasteiger charge is -2.03. The van der Waals surface area contributed by atoms with Crippen LogP contribution in [0, 0.1) is 0 Å². The van der Waals surface area contributed by atoms with Crippen LogP contribution in [0.3, 0.4) is 0 Å². The highest BCUT2D eigenvalue weighted by Gasteiger charge is 2.10. The summed E-state index contributed by atoms with van der Waals surface area (Å²) in [6, 6.07) is 2.52. The normalized spacial score (nSPS) is 11.2. The first-order chi connectivity index (χ1) is 9.06. The Morgan fingerprint density at radius 2 is 2.21 bits per heavy atom.